The van der Waals surface area contributed by atoms with Crippen molar-refractivity contribution < 1.29 is 22.9 Å². The van der Waals surface area contributed by atoms with Crippen LogP contribution >= 0.6 is 0 Å². The quantitative estimate of drug-likeness (QED) is 0.0760. The number of piperidine rings is 1. The van der Waals surface area contributed by atoms with E-state index in [0.717, 1.165) is 80.9 Å². The number of aromatic nitrogens is 3. The summed E-state index contributed by atoms with van der Waals surface area (Å²) in [5.74, 6) is 0.706. The van der Waals surface area contributed by atoms with E-state index in [1.165, 1.54) is 51.5 Å². The molecule has 0 unspecified atom stereocenters. The minimum absolute atomic E-state index is 0.00332. The van der Waals surface area contributed by atoms with Gasteiger partial charge >= 0.3 is 5.69 Å². The number of anilines is 2. The van der Waals surface area contributed by atoms with Gasteiger partial charge in [0.25, 0.3) is 15.9 Å². The second-order valence-corrected chi connectivity index (χ2v) is 20.0. The number of rotatable bonds is 13. The van der Waals surface area contributed by atoms with E-state index in [1.807, 2.05) is 12.1 Å². The van der Waals surface area contributed by atoms with Gasteiger partial charge in [0, 0.05) is 61.1 Å². The van der Waals surface area contributed by atoms with Crippen molar-refractivity contribution in [3.63, 3.8) is 0 Å². The maximum atomic E-state index is 13.9. The van der Waals surface area contributed by atoms with E-state index in [2.05, 4.69) is 59.1 Å². The zero-order chi connectivity index (χ0) is 42.4. The summed E-state index contributed by atoms with van der Waals surface area (Å²) in [6, 6.07) is 20.1. The molecule has 3 aromatic heterocycles. The van der Waals surface area contributed by atoms with E-state index >= 15 is 0 Å². The summed E-state index contributed by atoms with van der Waals surface area (Å²) in [5, 5.41) is 15.9. The topological polar surface area (TPSA) is 176 Å². The molecule has 3 N–H and O–H groups in total. The predicted octanol–water partition coefficient (Wildman–Crippen LogP) is 9.23. The number of nitro groups is 1. The number of amides is 1. The molecule has 5 fully saturated rings. The van der Waals surface area contributed by atoms with Gasteiger partial charge in [-0.15, -0.1) is 0 Å². The number of carbonyl (C=O) groups is 1. The number of hydrogen-bond donors (Lipinski definition) is 3. The molecule has 15 heteroatoms. The van der Waals surface area contributed by atoms with Crippen LogP contribution in [0.25, 0.3) is 11.0 Å². The number of carbonyl (C=O) groups excluding carboxylic acids is 1. The van der Waals surface area contributed by atoms with E-state index in [0.29, 0.717) is 41.4 Å². The summed E-state index contributed by atoms with van der Waals surface area (Å²) in [4.78, 5) is 41.6. The van der Waals surface area contributed by atoms with Gasteiger partial charge in [-0.1, -0.05) is 43.5 Å². The number of H-pyrrole nitrogens is 1. The molecule has 1 amide bonds. The van der Waals surface area contributed by atoms with E-state index in [1.54, 1.807) is 41.7 Å². The zero-order valence-corrected chi connectivity index (χ0v) is 35.7. The van der Waals surface area contributed by atoms with Gasteiger partial charge in [-0.05, 0) is 123 Å². The Hall–Kier alpha value is -5.54. The smallest absolute Gasteiger partial charge is 0.312 e. The number of pyridine rings is 2. The lowest BCUT2D eigenvalue weighted by Gasteiger charge is -2.56. The maximum Gasteiger partial charge on any atom is 0.312 e. The fraction of sp³-hybridized carbons (Fsp3) is 0.468. The summed E-state index contributed by atoms with van der Waals surface area (Å²) in [6.45, 7) is 3.40. The first-order valence-electron chi connectivity index (χ1n) is 22.4. The molecule has 5 heterocycles. The average Bonchev–Trinajstić information content (AvgIpc) is 3.82. The summed E-state index contributed by atoms with van der Waals surface area (Å²) < 4.78 is 35.8. The lowest BCUT2D eigenvalue weighted by atomic mass is 9.59. The van der Waals surface area contributed by atoms with Gasteiger partial charge in [-0.25, -0.2) is 23.1 Å². The van der Waals surface area contributed by atoms with Crippen molar-refractivity contribution in [1.29, 1.82) is 0 Å². The van der Waals surface area contributed by atoms with Crippen LogP contribution in [0, 0.1) is 21.4 Å². The molecule has 324 valence electrons. The highest BCUT2D eigenvalue weighted by Crippen LogP contribution is 2.55. The van der Waals surface area contributed by atoms with Crippen molar-refractivity contribution in [2.45, 2.75) is 106 Å². The molecule has 1 spiro atoms. The summed E-state index contributed by atoms with van der Waals surface area (Å²) in [6.07, 6.45) is 19.5. The van der Waals surface area contributed by atoms with Gasteiger partial charge in [0.05, 0.1) is 22.9 Å². The highest BCUT2D eigenvalue weighted by Gasteiger charge is 2.50. The molecule has 2 aliphatic heterocycles. The molecular formula is C47H54N8O6S. The number of fused-ring (bicyclic) bond motifs is 1. The van der Waals surface area contributed by atoms with E-state index < -0.39 is 31.4 Å². The first-order valence-corrected chi connectivity index (χ1v) is 23.9. The van der Waals surface area contributed by atoms with Gasteiger partial charge < -0.3 is 19.9 Å². The van der Waals surface area contributed by atoms with Crippen LogP contribution in [0.1, 0.15) is 117 Å². The first-order chi connectivity index (χ1) is 30.1. The molecule has 0 bridgehead atoms. The number of hydrogen-bond acceptors (Lipinski definition) is 11. The summed E-state index contributed by atoms with van der Waals surface area (Å²) in [7, 11) is -4.58. The molecule has 62 heavy (non-hydrogen) atoms. The van der Waals surface area contributed by atoms with E-state index in [4.69, 9.17) is 4.74 Å². The average molecular weight is 859 g/mol. The van der Waals surface area contributed by atoms with Crippen LogP contribution in [0.3, 0.4) is 0 Å². The number of benzene rings is 2. The van der Waals surface area contributed by atoms with Gasteiger partial charge in [-0.3, -0.25) is 19.8 Å². The molecule has 10 rings (SSSR count). The van der Waals surface area contributed by atoms with Gasteiger partial charge in [-0.2, -0.15) is 0 Å². The Morgan fingerprint density at radius 1 is 0.903 bits per heavy atom. The second-order valence-electron chi connectivity index (χ2n) is 18.3. The first kappa shape index (κ1) is 40.5. The molecule has 5 aliphatic rings. The van der Waals surface area contributed by atoms with E-state index in [9.17, 15) is 23.3 Å². The van der Waals surface area contributed by atoms with Gasteiger partial charge in [0.2, 0.25) is 5.82 Å². The molecule has 3 saturated carbocycles. The molecule has 2 aromatic carbocycles. The Kier molecular flexibility index (Phi) is 10.9. The zero-order valence-electron chi connectivity index (χ0n) is 34.9. The minimum atomic E-state index is -4.58. The molecule has 0 radical (unpaired) electrons. The molecule has 14 nitrogen and oxygen atoms in total. The van der Waals surface area contributed by atoms with Crippen molar-refractivity contribution in [2.24, 2.45) is 11.3 Å². The lowest BCUT2D eigenvalue weighted by molar-refractivity contribution is -0.384. The van der Waals surface area contributed by atoms with Crippen molar-refractivity contribution in [2.75, 3.05) is 36.4 Å². The van der Waals surface area contributed by atoms with Crippen LogP contribution in [-0.2, 0) is 10.0 Å². The Morgan fingerprint density at radius 2 is 1.69 bits per heavy atom. The van der Waals surface area contributed by atoms with Crippen LogP contribution in [0.2, 0.25) is 0 Å². The number of likely N-dealkylation sites (tertiary alicyclic amines) is 1. The lowest BCUT2D eigenvalue weighted by Crippen LogP contribution is -2.54. The van der Waals surface area contributed by atoms with Gasteiger partial charge in [0.1, 0.15) is 22.0 Å². The van der Waals surface area contributed by atoms with Crippen LogP contribution in [0.4, 0.5) is 17.2 Å². The van der Waals surface area contributed by atoms with E-state index in [-0.39, 0.29) is 17.1 Å². The van der Waals surface area contributed by atoms with Crippen LogP contribution < -0.4 is 19.7 Å². The fourth-order valence-electron chi connectivity index (χ4n) is 10.8. The molecule has 2 saturated heterocycles. The third-order valence-electron chi connectivity index (χ3n) is 14.3. The minimum Gasteiger partial charge on any atom is -0.455 e. The summed E-state index contributed by atoms with van der Waals surface area (Å²) >= 11 is 0. The Morgan fingerprint density at radius 3 is 2.47 bits per heavy atom. The molecular weight excluding hydrogens is 805 g/mol. The third-order valence-corrected chi connectivity index (χ3v) is 15.6. The van der Waals surface area contributed by atoms with Crippen molar-refractivity contribution in [3.05, 3.63) is 106 Å². The van der Waals surface area contributed by atoms with Crippen molar-refractivity contribution >= 4 is 44.2 Å². The standard InChI is InChI=1S/C47H54N8O6S/c56-46(52-62(59,60)37-25-42(55(57)58)45(51-30-37)49-28-31-7-2-1-3-8-31)40-15-14-34(24-43(40)61-36-23-33-16-19-48-44(33)50-29-36)53-21-17-47(18-22-53)26-35(27-47)54-20-6-11-41(54)39-10-5-4-9-38(39)32-12-13-32/h4-5,9-10,14-16,19,23-25,29-32,35,41H,1-3,6-8,11-13,17-18,20-22,26-28H2,(H,48,50)(H,49,51)(H,52,56)/t41-/m1/s1. The Balaban J connectivity index is 0.841. The van der Waals surface area contributed by atoms with Crippen LogP contribution in [0.5, 0.6) is 11.5 Å². The maximum absolute atomic E-state index is 13.9. The van der Waals surface area contributed by atoms with Crippen LogP contribution in [-0.4, -0.2) is 71.3 Å². The SMILES string of the molecule is O=C(NS(=O)(=O)c1cnc(NCC2CCCCC2)c([N+](=O)[O-])c1)c1ccc(N2CCC3(CC2)CC(N2CCC[C@@H]2c2ccccc2C2CC2)C3)cc1Oc1cnc2[nH]ccc2c1. The monoisotopic (exact) mass is 858 g/mol. The number of sulfonamides is 1. The highest BCUT2D eigenvalue weighted by molar-refractivity contribution is 7.90. The van der Waals surface area contributed by atoms with Crippen LogP contribution in [0.15, 0.2) is 84.1 Å². The number of aromatic amines is 1. The molecule has 5 aromatic rings. The Bertz CT molecular complexity index is 2590. The number of nitrogens with zero attached hydrogens (tertiary/aromatic N) is 5. The number of nitrogens with one attached hydrogen (secondary N) is 3. The fourth-order valence-corrected chi connectivity index (χ4v) is 11.7. The molecule has 3 aliphatic carbocycles. The largest absolute Gasteiger partial charge is 0.455 e. The number of ether oxygens (including phenoxy) is 1. The Labute approximate surface area is 362 Å². The van der Waals surface area contributed by atoms with Crippen molar-refractivity contribution in [3.8, 4) is 11.5 Å². The van der Waals surface area contributed by atoms with Crippen molar-refractivity contribution in [1.82, 2.24) is 24.6 Å². The summed E-state index contributed by atoms with van der Waals surface area (Å²) in [5.41, 5.74) is 4.51. The molecule has 1 atom stereocenters. The van der Waals surface area contributed by atoms with Gasteiger partial charge in [0.15, 0.2) is 0 Å². The highest BCUT2D eigenvalue weighted by atomic mass is 32.2. The second kappa shape index (κ2) is 16.6. The predicted molar refractivity (Wildman–Crippen MR) is 237 cm³/mol. The third kappa shape index (κ3) is 8.24. The normalized spacial score (nSPS) is 20.9.